The van der Waals surface area contributed by atoms with Crippen molar-refractivity contribution >= 4 is 41.5 Å². The van der Waals surface area contributed by atoms with Gasteiger partial charge in [-0.25, -0.2) is 0 Å². The van der Waals surface area contributed by atoms with E-state index in [9.17, 15) is 4.79 Å². The quantitative estimate of drug-likeness (QED) is 0.304. The Balaban J connectivity index is 0.00000320. The van der Waals surface area contributed by atoms with E-state index in [0.717, 1.165) is 35.6 Å². The second-order valence-corrected chi connectivity index (χ2v) is 6.72. The average Bonchev–Trinajstić information content (AvgIpc) is 3.00. The Kier molecular flexibility index (Phi) is 9.72. The monoisotopic (exact) mass is 524 g/mol. The maximum atomic E-state index is 12.1. The van der Waals surface area contributed by atoms with Crippen LogP contribution in [0.4, 0.5) is 5.69 Å². The van der Waals surface area contributed by atoms with E-state index in [1.165, 1.54) is 0 Å². The molecule has 3 N–H and O–H groups in total. The van der Waals surface area contributed by atoms with Crippen molar-refractivity contribution in [1.82, 2.24) is 10.6 Å². The third-order valence-corrected chi connectivity index (χ3v) is 4.42. The number of amides is 1. The van der Waals surface area contributed by atoms with E-state index < -0.39 is 0 Å². The van der Waals surface area contributed by atoms with Gasteiger partial charge in [0.1, 0.15) is 0 Å². The summed E-state index contributed by atoms with van der Waals surface area (Å²) in [6.45, 7) is 4.55. The Morgan fingerprint density at radius 2 is 1.87 bits per heavy atom. The predicted octanol–water partition coefficient (Wildman–Crippen LogP) is 3.79. The number of fused-ring (bicyclic) bond motifs is 1. The predicted molar refractivity (Wildman–Crippen MR) is 130 cm³/mol. The Hall–Kier alpha value is -2.49. The summed E-state index contributed by atoms with van der Waals surface area (Å²) in [4.78, 5) is 16.4. The summed E-state index contributed by atoms with van der Waals surface area (Å²) in [7, 11) is 1.72. The van der Waals surface area contributed by atoms with E-state index in [1.807, 2.05) is 49.4 Å². The number of hydrogen-bond acceptors (Lipinski definition) is 4. The van der Waals surface area contributed by atoms with Crippen molar-refractivity contribution in [3.63, 3.8) is 0 Å². The summed E-state index contributed by atoms with van der Waals surface area (Å²) in [5, 5.41) is 9.43. The van der Waals surface area contributed by atoms with Gasteiger partial charge in [0.15, 0.2) is 17.5 Å². The van der Waals surface area contributed by atoms with Crippen LogP contribution in [0.2, 0.25) is 0 Å². The number of halogens is 1. The van der Waals surface area contributed by atoms with Crippen LogP contribution in [0.3, 0.4) is 0 Å². The summed E-state index contributed by atoms with van der Waals surface area (Å²) >= 11 is 0. The second-order valence-electron chi connectivity index (χ2n) is 6.72. The van der Waals surface area contributed by atoms with E-state index in [0.29, 0.717) is 37.8 Å². The molecule has 1 amide bonds. The van der Waals surface area contributed by atoms with Crippen LogP contribution < -0.4 is 25.4 Å². The van der Waals surface area contributed by atoms with Crippen molar-refractivity contribution in [1.29, 1.82) is 0 Å². The van der Waals surface area contributed by atoms with Crippen LogP contribution in [0.15, 0.2) is 47.5 Å². The fourth-order valence-electron chi connectivity index (χ4n) is 2.91. The molecule has 0 saturated carbocycles. The van der Waals surface area contributed by atoms with Gasteiger partial charge >= 0.3 is 0 Å². The Morgan fingerprint density at radius 1 is 1.07 bits per heavy atom. The van der Waals surface area contributed by atoms with E-state index in [2.05, 4.69) is 20.9 Å². The summed E-state index contributed by atoms with van der Waals surface area (Å²) < 4.78 is 11.4. The van der Waals surface area contributed by atoms with Gasteiger partial charge in [-0.05, 0) is 36.2 Å². The number of anilines is 1. The molecular weight excluding hydrogens is 495 g/mol. The molecule has 8 heteroatoms. The van der Waals surface area contributed by atoms with Crippen molar-refractivity contribution in [3.8, 4) is 11.5 Å². The van der Waals surface area contributed by atoms with E-state index in [4.69, 9.17) is 9.47 Å². The van der Waals surface area contributed by atoms with Gasteiger partial charge in [0.25, 0.3) is 5.91 Å². The first kappa shape index (κ1) is 23.8. The molecule has 1 aliphatic heterocycles. The summed E-state index contributed by atoms with van der Waals surface area (Å²) in [6.07, 6.45) is 1.78. The van der Waals surface area contributed by atoms with E-state index >= 15 is 0 Å². The minimum Gasteiger partial charge on any atom is -0.490 e. The molecule has 0 saturated heterocycles. The lowest BCUT2D eigenvalue weighted by atomic mass is 10.1. The first-order valence-electron chi connectivity index (χ1n) is 9.94. The zero-order valence-electron chi connectivity index (χ0n) is 17.4. The number of aliphatic imine (C=N–C) groups is 1. The third kappa shape index (κ3) is 6.79. The molecule has 0 spiro atoms. The van der Waals surface area contributed by atoms with Gasteiger partial charge in [-0.15, -0.1) is 24.0 Å². The Morgan fingerprint density at radius 3 is 2.63 bits per heavy atom. The number of nitrogens with zero attached hydrogens (tertiary/aromatic N) is 1. The SMILES string of the molecule is CCCNC(=O)c1cccc(CNC(=NC)Nc2ccc3c(c2)OCCCO3)c1.I. The van der Waals surface area contributed by atoms with Crippen LogP contribution in [0.5, 0.6) is 11.5 Å². The molecule has 2 aromatic rings. The minimum atomic E-state index is -0.0524. The smallest absolute Gasteiger partial charge is 0.251 e. The van der Waals surface area contributed by atoms with E-state index in [-0.39, 0.29) is 29.9 Å². The first-order valence-corrected chi connectivity index (χ1v) is 9.94. The number of nitrogens with one attached hydrogen (secondary N) is 3. The summed E-state index contributed by atoms with van der Waals surface area (Å²) in [5.74, 6) is 2.06. The normalized spacial score (nSPS) is 12.9. The van der Waals surface area contributed by atoms with Crippen LogP contribution >= 0.6 is 24.0 Å². The highest BCUT2D eigenvalue weighted by molar-refractivity contribution is 14.0. The third-order valence-electron chi connectivity index (χ3n) is 4.42. The second kappa shape index (κ2) is 12.3. The number of rotatable bonds is 6. The molecule has 1 aliphatic rings. The van der Waals surface area contributed by atoms with Gasteiger partial charge in [0.05, 0.1) is 13.2 Å². The number of ether oxygens (including phenoxy) is 2. The highest BCUT2D eigenvalue weighted by Gasteiger charge is 2.11. The standard InChI is InChI=1S/C22H28N4O3.HI/c1-3-10-24-21(27)17-7-4-6-16(13-17)15-25-22(23-2)26-18-8-9-19-20(14-18)29-12-5-11-28-19;/h4,6-9,13-14H,3,5,10-12,15H2,1-2H3,(H,24,27)(H2,23,25,26);1H. The molecule has 0 unspecified atom stereocenters. The first-order chi connectivity index (χ1) is 14.2. The molecule has 0 aromatic heterocycles. The van der Waals surface area contributed by atoms with Crippen molar-refractivity contribution in [2.75, 3.05) is 32.1 Å². The van der Waals surface area contributed by atoms with Crippen molar-refractivity contribution < 1.29 is 14.3 Å². The molecule has 162 valence electrons. The highest BCUT2D eigenvalue weighted by atomic mass is 127. The molecule has 0 aliphatic carbocycles. The molecular formula is C22H29IN4O3. The largest absolute Gasteiger partial charge is 0.490 e. The fraction of sp³-hybridized carbons (Fsp3) is 0.364. The highest BCUT2D eigenvalue weighted by Crippen LogP contribution is 2.32. The van der Waals surface area contributed by atoms with Crippen molar-refractivity contribution in [2.45, 2.75) is 26.3 Å². The van der Waals surface area contributed by atoms with Gasteiger partial charge < -0.3 is 25.4 Å². The van der Waals surface area contributed by atoms with Crippen LogP contribution in [-0.2, 0) is 6.54 Å². The van der Waals surface area contributed by atoms with E-state index in [1.54, 1.807) is 7.05 Å². The van der Waals surface area contributed by atoms with Crippen LogP contribution in [0.25, 0.3) is 0 Å². The van der Waals surface area contributed by atoms with Gasteiger partial charge in [-0.1, -0.05) is 19.1 Å². The van der Waals surface area contributed by atoms with Gasteiger partial charge in [-0.2, -0.15) is 0 Å². The molecule has 30 heavy (non-hydrogen) atoms. The molecule has 0 radical (unpaired) electrons. The maximum Gasteiger partial charge on any atom is 0.251 e. The molecule has 0 fully saturated rings. The van der Waals surface area contributed by atoms with Crippen LogP contribution in [0, 0.1) is 0 Å². The topological polar surface area (TPSA) is 84.0 Å². The number of carbonyl (C=O) groups excluding carboxylic acids is 1. The average molecular weight is 524 g/mol. The minimum absolute atomic E-state index is 0. The summed E-state index contributed by atoms with van der Waals surface area (Å²) in [5.41, 5.74) is 2.51. The van der Waals surface area contributed by atoms with Gasteiger partial charge in [0.2, 0.25) is 0 Å². The Labute approximate surface area is 194 Å². The zero-order chi connectivity index (χ0) is 20.5. The lowest BCUT2D eigenvalue weighted by Crippen LogP contribution is -2.30. The van der Waals surface area contributed by atoms with Crippen LogP contribution in [0.1, 0.15) is 35.7 Å². The van der Waals surface area contributed by atoms with Crippen molar-refractivity contribution in [3.05, 3.63) is 53.6 Å². The maximum absolute atomic E-state index is 12.1. The summed E-state index contributed by atoms with van der Waals surface area (Å²) in [6, 6.07) is 13.3. The van der Waals surface area contributed by atoms with Gasteiger partial charge in [0, 0.05) is 43.9 Å². The van der Waals surface area contributed by atoms with Crippen molar-refractivity contribution in [2.24, 2.45) is 4.99 Å². The van der Waals surface area contributed by atoms with Gasteiger partial charge in [-0.3, -0.25) is 9.79 Å². The number of benzene rings is 2. The number of carbonyl (C=O) groups is 1. The number of guanidine groups is 1. The molecule has 2 aromatic carbocycles. The molecule has 0 bridgehead atoms. The molecule has 7 nitrogen and oxygen atoms in total. The fourth-order valence-corrected chi connectivity index (χ4v) is 2.91. The lowest BCUT2D eigenvalue weighted by molar-refractivity contribution is 0.0953. The molecule has 3 rings (SSSR count). The Bertz CT molecular complexity index is 873. The van der Waals surface area contributed by atoms with Crippen LogP contribution in [-0.4, -0.2) is 38.7 Å². The molecule has 1 heterocycles. The number of hydrogen-bond donors (Lipinski definition) is 3. The molecule has 0 atom stereocenters. The lowest BCUT2D eigenvalue weighted by Gasteiger charge is -2.14. The zero-order valence-corrected chi connectivity index (χ0v) is 19.7.